The Hall–Kier alpha value is -1.40. The average Bonchev–Trinajstić information content (AvgIpc) is 2.31. The van der Waals surface area contributed by atoms with Crippen LogP contribution in [0.25, 0.3) is 0 Å². The molecule has 0 spiro atoms. The zero-order chi connectivity index (χ0) is 16.2. The van der Waals surface area contributed by atoms with Crippen molar-refractivity contribution in [1.82, 2.24) is 4.72 Å². The van der Waals surface area contributed by atoms with E-state index in [1.165, 1.54) is 0 Å². The predicted octanol–water partition coefficient (Wildman–Crippen LogP) is 2.22. The van der Waals surface area contributed by atoms with Crippen molar-refractivity contribution in [2.24, 2.45) is 5.92 Å². The monoisotopic (exact) mass is 313 g/mol. The van der Waals surface area contributed by atoms with Gasteiger partial charge in [-0.05, 0) is 42.9 Å². The molecule has 0 aromatic heterocycles. The summed E-state index contributed by atoms with van der Waals surface area (Å²) < 4.78 is 26.5. The number of hydrogen-bond acceptors (Lipinski definition) is 3. The number of benzene rings is 1. The highest BCUT2D eigenvalue weighted by molar-refractivity contribution is 7.88. The lowest BCUT2D eigenvalue weighted by Crippen LogP contribution is -2.42. The minimum atomic E-state index is -3.68. The summed E-state index contributed by atoms with van der Waals surface area (Å²) in [4.78, 5) is 11.1. The minimum Gasteiger partial charge on any atom is -0.480 e. The van der Waals surface area contributed by atoms with E-state index in [4.69, 9.17) is 5.11 Å². The highest BCUT2D eigenvalue weighted by atomic mass is 32.2. The molecule has 1 aromatic carbocycles. The van der Waals surface area contributed by atoms with Gasteiger partial charge in [-0.15, -0.1) is 0 Å². The first-order valence-corrected chi connectivity index (χ1v) is 8.55. The molecule has 1 atom stereocenters. The molecular formula is C15H23NO4S. The molecule has 2 N–H and O–H groups in total. The standard InChI is InChI=1S/C15H23NO4S/c1-10(2)7-14(15(17)18)16-21(19,20)9-13-6-5-11(3)12(4)8-13/h5-6,8,10,14,16H,7,9H2,1-4H3,(H,17,18)/t14-/m1/s1. The highest BCUT2D eigenvalue weighted by Gasteiger charge is 2.25. The van der Waals surface area contributed by atoms with Crippen LogP contribution in [0.1, 0.15) is 37.0 Å². The fourth-order valence-electron chi connectivity index (χ4n) is 2.04. The summed E-state index contributed by atoms with van der Waals surface area (Å²) in [6, 6.07) is 4.34. The van der Waals surface area contributed by atoms with Crippen LogP contribution in [0.15, 0.2) is 18.2 Å². The van der Waals surface area contributed by atoms with Crippen molar-refractivity contribution in [2.75, 3.05) is 0 Å². The molecule has 1 aromatic rings. The van der Waals surface area contributed by atoms with Gasteiger partial charge < -0.3 is 5.11 Å². The number of carboxylic acid groups (broad SMARTS) is 1. The highest BCUT2D eigenvalue weighted by Crippen LogP contribution is 2.13. The summed E-state index contributed by atoms with van der Waals surface area (Å²) in [6.07, 6.45) is 0.265. The minimum absolute atomic E-state index is 0.0930. The first-order chi connectivity index (χ1) is 9.60. The van der Waals surface area contributed by atoms with Crippen LogP contribution in [0, 0.1) is 19.8 Å². The van der Waals surface area contributed by atoms with E-state index in [0.717, 1.165) is 11.1 Å². The molecule has 0 aliphatic rings. The van der Waals surface area contributed by atoms with Crippen LogP contribution in [-0.4, -0.2) is 25.5 Å². The Bertz CT molecular complexity index is 608. The third-order valence-electron chi connectivity index (χ3n) is 3.26. The molecule has 0 fully saturated rings. The largest absolute Gasteiger partial charge is 0.480 e. The lowest BCUT2D eigenvalue weighted by molar-refractivity contribution is -0.139. The molecule has 0 bridgehead atoms. The quantitative estimate of drug-likeness (QED) is 0.808. The molecule has 21 heavy (non-hydrogen) atoms. The second-order valence-corrected chi connectivity index (χ2v) is 7.57. The topological polar surface area (TPSA) is 83.5 Å². The second-order valence-electron chi connectivity index (χ2n) is 5.82. The molecule has 0 aliphatic carbocycles. The number of hydrogen-bond donors (Lipinski definition) is 2. The van der Waals surface area contributed by atoms with Crippen molar-refractivity contribution in [2.45, 2.75) is 45.9 Å². The fourth-order valence-corrected chi connectivity index (χ4v) is 3.37. The number of sulfonamides is 1. The van der Waals surface area contributed by atoms with Crippen molar-refractivity contribution in [3.05, 3.63) is 34.9 Å². The maximum absolute atomic E-state index is 12.1. The number of carbonyl (C=O) groups is 1. The molecule has 0 heterocycles. The van der Waals surface area contributed by atoms with Gasteiger partial charge >= 0.3 is 5.97 Å². The van der Waals surface area contributed by atoms with Gasteiger partial charge in [0.25, 0.3) is 0 Å². The Morgan fingerprint density at radius 3 is 2.33 bits per heavy atom. The van der Waals surface area contributed by atoms with Crippen LogP contribution >= 0.6 is 0 Å². The van der Waals surface area contributed by atoms with E-state index in [0.29, 0.717) is 5.56 Å². The van der Waals surface area contributed by atoms with Crippen LogP contribution in [0.5, 0.6) is 0 Å². The summed E-state index contributed by atoms with van der Waals surface area (Å²) in [5, 5.41) is 9.11. The molecule has 0 radical (unpaired) electrons. The fraction of sp³-hybridized carbons (Fsp3) is 0.533. The molecule has 0 saturated carbocycles. The Kier molecular flexibility index (Phi) is 5.92. The van der Waals surface area contributed by atoms with Crippen LogP contribution in [0.2, 0.25) is 0 Å². The average molecular weight is 313 g/mol. The van der Waals surface area contributed by atoms with E-state index in [1.807, 2.05) is 39.8 Å². The summed E-state index contributed by atoms with van der Waals surface area (Å²) in [5.41, 5.74) is 2.76. The maximum Gasteiger partial charge on any atom is 0.321 e. The van der Waals surface area contributed by atoms with Gasteiger partial charge in [0.1, 0.15) is 6.04 Å². The normalized spacial score (nSPS) is 13.4. The third-order valence-corrected chi connectivity index (χ3v) is 4.61. The Morgan fingerprint density at radius 2 is 1.86 bits per heavy atom. The van der Waals surface area contributed by atoms with Crippen LogP contribution in [0.3, 0.4) is 0 Å². The summed E-state index contributed by atoms with van der Waals surface area (Å²) >= 11 is 0. The number of aryl methyl sites for hydroxylation is 2. The Labute approximate surface area is 126 Å². The van der Waals surface area contributed by atoms with E-state index < -0.39 is 22.0 Å². The van der Waals surface area contributed by atoms with Crippen molar-refractivity contribution in [3.8, 4) is 0 Å². The number of aliphatic carboxylic acids is 1. The third kappa shape index (κ3) is 5.85. The lowest BCUT2D eigenvalue weighted by Gasteiger charge is -2.16. The van der Waals surface area contributed by atoms with Gasteiger partial charge in [-0.3, -0.25) is 4.79 Å². The van der Waals surface area contributed by atoms with E-state index in [-0.39, 0.29) is 18.1 Å². The van der Waals surface area contributed by atoms with E-state index in [9.17, 15) is 13.2 Å². The van der Waals surface area contributed by atoms with Crippen molar-refractivity contribution >= 4 is 16.0 Å². The number of rotatable bonds is 7. The van der Waals surface area contributed by atoms with E-state index in [1.54, 1.807) is 6.07 Å². The first kappa shape index (κ1) is 17.7. The van der Waals surface area contributed by atoms with E-state index >= 15 is 0 Å². The molecule has 1 rings (SSSR count). The maximum atomic E-state index is 12.1. The molecule has 5 nitrogen and oxygen atoms in total. The van der Waals surface area contributed by atoms with Crippen LogP contribution in [0.4, 0.5) is 0 Å². The summed E-state index contributed by atoms with van der Waals surface area (Å²) in [5.74, 6) is -1.27. The molecule has 6 heteroatoms. The summed E-state index contributed by atoms with van der Waals surface area (Å²) in [7, 11) is -3.68. The Morgan fingerprint density at radius 1 is 1.24 bits per heavy atom. The predicted molar refractivity (Wildman–Crippen MR) is 82.6 cm³/mol. The van der Waals surface area contributed by atoms with Gasteiger partial charge in [0.2, 0.25) is 10.0 Å². The lowest BCUT2D eigenvalue weighted by atomic mass is 10.1. The van der Waals surface area contributed by atoms with Gasteiger partial charge in [-0.1, -0.05) is 32.0 Å². The Balaban J connectivity index is 2.84. The molecule has 118 valence electrons. The first-order valence-electron chi connectivity index (χ1n) is 6.89. The van der Waals surface area contributed by atoms with Gasteiger partial charge in [0.15, 0.2) is 0 Å². The molecule has 0 amide bonds. The van der Waals surface area contributed by atoms with Gasteiger partial charge in [0, 0.05) is 0 Å². The smallest absolute Gasteiger partial charge is 0.321 e. The SMILES string of the molecule is Cc1ccc(CS(=O)(=O)N[C@H](CC(C)C)C(=O)O)cc1C. The zero-order valence-electron chi connectivity index (χ0n) is 12.9. The molecule has 0 saturated heterocycles. The molecule has 0 unspecified atom stereocenters. The summed E-state index contributed by atoms with van der Waals surface area (Å²) in [6.45, 7) is 7.58. The number of nitrogens with one attached hydrogen (secondary N) is 1. The van der Waals surface area contributed by atoms with Gasteiger partial charge in [-0.2, -0.15) is 0 Å². The zero-order valence-corrected chi connectivity index (χ0v) is 13.7. The van der Waals surface area contributed by atoms with Crippen LogP contribution in [-0.2, 0) is 20.6 Å². The number of carboxylic acids is 1. The van der Waals surface area contributed by atoms with E-state index in [2.05, 4.69) is 4.72 Å². The van der Waals surface area contributed by atoms with Crippen molar-refractivity contribution < 1.29 is 18.3 Å². The van der Waals surface area contributed by atoms with Crippen molar-refractivity contribution in [1.29, 1.82) is 0 Å². The van der Waals surface area contributed by atoms with Gasteiger partial charge in [-0.25, -0.2) is 13.1 Å². The molecule has 0 aliphatic heterocycles. The second kappa shape index (κ2) is 7.04. The van der Waals surface area contributed by atoms with Crippen LogP contribution < -0.4 is 4.72 Å². The van der Waals surface area contributed by atoms with Gasteiger partial charge in [0.05, 0.1) is 5.75 Å². The molecular weight excluding hydrogens is 290 g/mol. The van der Waals surface area contributed by atoms with Crippen molar-refractivity contribution in [3.63, 3.8) is 0 Å².